The lowest BCUT2D eigenvalue weighted by Gasteiger charge is -2.06. The van der Waals surface area contributed by atoms with E-state index >= 15 is 0 Å². The first-order valence-corrected chi connectivity index (χ1v) is 7.76. The van der Waals surface area contributed by atoms with Crippen molar-refractivity contribution >= 4 is 15.8 Å². The van der Waals surface area contributed by atoms with Gasteiger partial charge in [0.1, 0.15) is 17.6 Å². The smallest absolute Gasteiger partial charge is 0.238 e. The number of nitrogens with one attached hydrogen (secondary N) is 1. The second-order valence-electron chi connectivity index (χ2n) is 4.39. The van der Waals surface area contributed by atoms with Crippen LogP contribution in [-0.2, 0) is 16.4 Å². The third-order valence-corrected chi connectivity index (χ3v) is 3.76. The highest BCUT2D eigenvalue weighted by molar-refractivity contribution is 7.89. The Balaban J connectivity index is 1.93. The Morgan fingerprint density at radius 2 is 1.90 bits per heavy atom. The maximum atomic E-state index is 11.1. The Hall–Kier alpha value is -2.43. The van der Waals surface area contributed by atoms with Gasteiger partial charge in [-0.05, 0) is 36.2 Å². The molecular formula is C14H14N4O2S. The Morgan fingerprint density at radius 1 is 1.19 bits per heavy atom. The van der Waals surface area contributed by atoms with Gasteiger partial charge in [0.2, 0.25) is 10.0 Å². The van der Waals surface area contributed by atoms with Crippen LogP contribution in [0.2, 0.25) is 0 Å². The SMILES string of the molecule is N#Cc1cccc(NCCc2ccc(S(N)(=O)=O)cc2)n1. The van der Waals surface area contributed by atoms with Crippen molar-refractivity contribution < 1.29 is 8.42 Å². The minimum absolute atomic E-state index is 0.0996. The van der Waals surface area contributed by atoms with E-state index in [2.05, 4.69) is 10.3 Å². The zero-order valence-electron chi connectivity index (χ0n) is 11.2. The van der Waals surface area contributed by atoms with Crippen molar-refractivity contribution in [2.45, 2.75) is 11.3 Å². The molecule has 21 heavy (non-hydrogen) atoms. The Kier molecular flexibility index (Phi) is 4.52. The molecule has 2 aromatic rings. The summed E-state index contributed by atoms with van der Waals surface area (Å²) in [5.74, 6) is 0.634. The van der Waals surface area contributed by atoms with Crippen LogP contribution in [-0.4, -0.2) is 19.9 Å². The Bertz CT molecular complexity index is 764. The predicted octanol–water partition coefficient (Wildman–Crippen LogP) is 1.26. The molecule has 0 aliphatic heterocycles. The van der Waals surface area contributed by atoms with Crippen molar-refractivity contribution in [3.05, 3.63) is 53.7 Å². The minimum Gasteiger partial charge on any atom is -0.370 e. The highest BCUT2D eigenvalue weighted by Crippen LogP contribution is 2.10. The van der Waals surface area contributed by atoms with Crippen molar-refractivity contribution in [1.82, 2.24) is 4.98 Å². The Labute approximate surface area is 123 Å². The van der Waals surface area contributed by atoms with Gasteiger partial charge in [-0.3, -0.25) is 0 Å². The first-order valence-electron chi connectivity index (χ1n) is 6.22. The largest absolute Gasteiger partial charge is 0.370 e. The second-order valence-corrected chi connectivity index (χ2v) is 5.95. The standard InChI is InChI=1S/C14H14N4O2S/c15-10-12-2-1-3-14(18-12)17-9-8-11-4-6-13(7-5-11)21(16,19)20/h1-7H,8-9H2,(H,17,18)(H2,16,19,20). The zero-order chi connectivity index (χ0) is 15.3. The molecule has 1 heterocycles. The number of nitrogens with zero attached hydrogens (tertiary/aromatic N) is 2. The van der Waals surface area contributed by atoms with Crippen LogP contribution in [0.5, 0.6) is 0 Å². The minimum atomic E-state index is -3.65. The van der Waals surface area contributed by atoms with E-state index < -0.39 is 10.0 Å². The fourth-order valence-electron chi connectivity index (χ4n) is 1.78. The van der Waals surface area contributed by atoms with Gasteiger partial charge in [-0.25, -0.2) is 18.5 Å². The van der Waals surface area contributed by atoms with E-state index in [4.69, 9.17) is 10.4 Å². The average molecular weight is 302 g/mol. The molecule has 0 atom stereocenters. The van der Waals surface area contributed by atoms with Crippen molar-refractivity contribution in [2.24, 2.45) is 5.14 Å². The summed E-state index contributed by atoms with van der Waals surface area (Å²) in [6, 6.07) is 13.6. The number of anilines is 1. The number of hydrogen-bond acceptors (Lipinski definition) is 5. The first-order chi connectivity index (χ1) is 9.99. The molecule has 1 aromatic carbocycles. The summed E-state index contributed by atoms with van der Waals surface area (Å²) in [7, 11) is -3.65. The summed E-state index contributed by atoms with van der Waals surface area (Å²) in [6.07, 6.45) is 0.698. The average Bonchev–Trinajstić information content (AvgIpc) is 2.47. The van der Waals surface area contributed by atoms with E-state index in [1.807, 2.05) is 6.07 Å². The second kappa shape index (κ2) is 6.35. The number of nitrogens with two attached hydrogens (primary N) is 1. The summed E-state index contributed by atoms with van der Waals surface area (Å²) in [6.45, 7) is 0.622. The zero-order valence-corrected chi connectivity index (χ0v) is 12.0. The van der Waals surface area contributed by atoms with E-state index in [9.17, 15) is 8.42 Å². The van der Waals surface area contributed by atoms with E-state index in [1.54, 1.807) is 30.3 Å². The molecule has 2 rings (SSSR count). The molecule has 0 unspecified atom stereocenters. The molecule has 1 aromatic heterocycles. The molecule has 108 valence electrons. The maximum Gasteiger partial charge on any atom is 0.238 e. The number of primary sulfonamides is 1. The van der Waals surface area contributed by atoms with Gasteiger partial charge in [-0.2, -0.15) is 5.26 Å². The normalized spacial score (nSPS) is 10.9. The molecule has 0 bridgehead atoms. The van der Waals surface area contributed by atoms with E-state index in [0.717, 1.165) is 5.56 Å². The summed E-state index contributed by atoms with van der Waals surface area (Å²) in [5.41, 5.74) is 1.34. The molecule has 0 saturated heterocycles. The number of hydrogen-bond donors (Lipinski definition) is 2. The monoisotopic (exact) mass is 302 g/mol. The lowest BCUT2D eigenvalue weighted by molar-refractivity contribution is 0.598. The summed E-state index contributed by atoms with van der Waals surface area (Å²) in [4.78, 5) is 4.20. The summed E-state index contributed by atoms with van der Waals surface area (Å²) < 4.78 is 22.3. The van der Waals surface area contributed by atoms with Gasteiger partial charge in [0.05, 0.1) is 4.90 Å². The van der Waals surface area contributed by atoms with E-state index in [0.29, 0.717) is 24.5 Å². The lowest BCUT2D eigenvalue weighted by Crippen LogP contribution is -2.12. The number of sulfonamides is 1. The summed E-state index contributed by atoms with van der Waals surface area (Å²) >= 11 is 0. The van der Waals surface area contributed by atoms with Crippen LogP contribution in [0.3, 0.4) is 0 Å². The molecule has 0 radical (unpaired) electrons. The molecule has 6 nitrogen and oxygen atoms in total. The maximum absolute atomic E-state index is 11.1. The molecule has 0 saturated carbocycles. The van der Waals surface area contributed by atoms with Crippen LogP contribution in [0.25, 0.3) is 0 Å². The van der Waals surface area contributed by atoms with Gasteiger partial charge in [-0.1, -0.05) is 18.2 Å². The van der Waals surface area contributed by atoms with Crippen LogP contribution < -0.4 is 10.5 Å². The van der Waals surface area contributed by atoms with Crippen LogP contribution in [0, 0.1) is 11.3 Å². The van der Waals surface area contributed by atoms with Crippen molar-refractivity contribution in [3.63, 3.8) is 0 Å². The highest BCUT2D eigenvalue weighted by atomic mass is 32.2. The fourth-order valence-corrected chi connectivity index (χ4v) is 2.29. The quantitative estimate of drug-likeness (QED) is 0.864. The topological polar surface area (TPSA) is 109 Å². The van der Waals surface area contributed by atoms with Gasteiger partial charge in [0, 0.05) is 6.54 Å². The van der Waals surface area contributed by atoms with Gasteiger partial charge < -0.3 is 5.32 Å². The molecule has 0 fully saturated rings. The number of nitriles is 1. The molecule has 0 amide bonds. The van der Waals surface area contributed by atoms with Crippen LogP contribution in [0.4, 0.5) is 5.82 Å². The van der Waals surface area contributed by atoms with Crippen molar-refractivity contribution in [2.75, 3.05) is 11.9 Å². The first kappa shape index (κ1) is 15.0. The van der Waals surface area contributed by atoms with Crippen molar-refractivity contribution in [1.29, 1.82) is 5.26 Å². The fraction of sp³-hybridized carbons (Fsp3) is 0.143. The molecule has 0 aliphatic carbocycles. The lowest BCUT2D eigenvalue weighted by atomic mass is 10.1. The Morgan fingerprint density at radius 3 is 2.52 bits per heavy atom. The molecule has 7 heteroatoms. The van der Waals surface area contributed by atoms with Gasteiger partial charge in [-0.15, -0.1) is 0 Å². The van der Waals surface area contributed by atoms with Gasteiger partial charge >= 0.3 is 0 Å². The number of rotatable bonds is 5. The number of aromatic nitrogens is 1. The van der Waals surface area contributed by atoms with Gasteiger partial charge in [0.15, 0.2) is 0 Å². The van der Waals surface area contributed by atoms with Crippen molar-refractivity contribution in [3.8, 4) is 6.07 Å². The third kappa shape index (κ3) is 4.27. The van der Waals surface area contributed by atoms with Crippen LogP contribution >= 0.6 is 0 Å². The van der Waals surface area contributed by atoms with Gasteiger partial charge in [0.25, 0.3) is 0 Å². The van der Waals surface area contributed by atoms with E-state index in [-0.39, 0.29) is 4.90 Å². The van der Waals surface area contributed by atoms with E-state index in [1.165, 1.54) is 12.1 Å². The van der Waals surface area contributed by atoms with Crippen LogP contribution in [0.1, 0.15) is 11.3 Å². The number of pyridine rings is 1. The number of benzene rings is 1. The third-order valence-electron chi connectivity index (χ3n) is 2.84. The van der Waals surface area contributed by atoms with Crippen LogP contribution in [0.15, 0.2) is 47.4 Å². The summed E-state index contributed by atoms with van der Waals surface area (Å²) in [5, 5.41) is 16.9. The molecule has 0 aliphatic rings. The molecule has 3 N–H and O–H groups in total. The molecule has 0 spiro atoms. The highest BCUT2D eigenvalue weighted by Gasteiger charge is 2.06. The molecular weight excluding hydrogens is 288 g/mol. The predicted molar refractivity (Wildman–Crippen MR) is 79.0 cm³/mol.